The quantitative estimate of drug-likeness (QED) is 0.767. The molecule has 1 aliphatic heterocycles. The molecule has 0 radical (unpaired) electrons. The maximum atomic E-state index is 13.0. The van der Waals surface area contributed by atoms with Crippen LogP contribution in [0.5, 0.6) is 0 Å². The highest BCUT2D eigenvalue weighted by atomic mass is 16.5. The van der Waals surface area contributed by atoms with E-state index in [0.29, 0.717) is 37.5 Å². The summed E-state index contributed by atoms with van der Waals surface area (Å²) in [5, 5.41) is 0. The van der Waals surface area contributed by atoms with Gasteiger partial charge in [0.25, 0.3) is 5.91 Å². The minimum Gasteiger partial charge on any atom is -0.469 e. The average Bonchev–Trinajstić information content (AvgIpc) is 3.10. The molecule has 28 heavy (non-hydrogen) atoms. The lowest BCUT2D eigenvalue weighted by molar-refractivity contribution is -0.143. The van der Waals surface area contributed by atoms with Crippen LogP contribution in [0, 0.1) is 6.92 Å². The van der Waals surface area contributed by atoms with Crippen molar-refractivity contribution >= 4 is 11.8 Å². The zero-order valence-corrected chi connectivity index (χ0v) is 16.8. The highest BCUT2D eigenvalue weighted by Gasteiger charge is 2.27. The first kappa shape index (κ1) is 20.1. The first-order valence-corrected chi connectivity index (χ1v) is 9.74. The van der Waals surface area contributed by atoms with Gasteiger partial charge >= 0.3 is 0 Å². The molecule has 6 heteroatoms. The fraction of sp³-hybridized carbons (Fsp3) is 0.455. The lowest BCUT2D eigenvalue weighted by Crippen LogP contribution is -2.49. The van der Waals surface area contributed by atoms with Crippen LogP contribution in [-0.2, 0) is 16.1 Å². The molecule has 1 aromatic carbocycles. The van der Waals surface area contributed by atoms with Crippen molar-refractivity contribution in [1.82, 2.24) is 9.80 Å². The first-order valence-electron chi connectivity index (χ1n) is 9.74. The number of benzene rings is 1. The number of morpholine rings is 1. The Morgan fingerprint density at radius 1 is 1.11 bits per heavy atom. The standard InChI is InChI=1S/C22H28N2O4/c1-16-13-24(14-17(2)28-16)21(25)9-11-23(15-19-7-5-4-6-8-19)22(26)20-10-12-27-18(20)3/h4-8,10,12,16-17H,9,11,13-15H2,1-3H3. The van der Waals surface area contributed by atoms with Crippen LogP contribution < -0.4 is 0 Å². The molecule has 0 N–H and O–H groups in total. The normalized spacial score (nSPS) is 19.5. The van der Waals surface area contributed by atoms with Crippen molar-refractivity contribution in [3.05, 3.63) is 59.5 Å². The third-order valence-electron chi connectivity index (χ3n) is 4.96. The predicted molar refractivity (Wildman–Crippen MR) is 106 cm³/mol. The van der Waals surface area contributed by atoms with Gasteiger partial charge in [-0.15, -0.1) is 0 Å². The maximum absolute atomic E-state index is 13.0. The molecule has 1 aromatic heterocycles. The smallest absolute Gasteiger partial charge is 0.257 e. The zero-order chi connectivity index (χ0) is 20.1. The number of hydrogen-bond donors (Lipinski definition) is 0. The monoisotopic (exact) mass is 384 g/mol. The number of carbonyl (C=O) groups is 2. The van der Waals surface area contributed by atoms with Gasteiger partial charge in [-0.3, -0.25) is 9.59 Å². The fourth-order valence-electron chi connectivity index (χ4n) is 3.60. The van der Waals surface area contributed by atoms with Crippen molar-refractivity contribution in [3.8, 4) is 0 Å². The van der Waals surface area contributed by atoms with Gasteiger partial charge in [0.15, 0.2) is 0 Å². The van der Waals surface area contributed by atoms with E-state index in [2.05, 4.69) is 0 Å². The van der Waals surface area contributed by atoms with Gasteiger partial charge in [0.05, 0.1) is 24.0 Å². The minimum absolute atomic E-state index is 0.0309. The summed E-state index contributed by atoms with van der Waals surface area (Å²) in [7, 11) is 0. The van der Waals surface area contributed by atoms with Gasteiger partial charge in [-0.25, -0.2) is 0 Å². The van der Waals surface area contributed by atoms with Gasteiger partial charge in [-0.1, -0.05) is 30.3 Å². The van der Waals surface area contributed by atoms with E-state index >= 15 is 0 Å². The van der Waals surface area contributed by atoms with E-state index in [0.717, 1.165) is 5.56 Å². The van der Waals surface area contributed by atoms with Crippen LogP contribution >= 0.6 is 0 Å². The third-order valence-corrected chi connectivity index (χ3v) is 4.96. The second-order valence-electron chi connectivity index (χ2n) is 7.41. The molecule has 2 atom stereocenters. The van der Waals surface area contributed by atoms with E-state index < -0.39 is 0 Å². The number of carbonyl (C=O) groups excluding carboxylic acids is 2. The largest absolute Gasteiger partial charge is 0.469 e. The van der Waals surface area contributed by atoms with Crippen LogP contribution in [0.2, 0.25) is 0 Å². The average molecular weight is 384 g/mol. The Morgan fingerprint density at radius 3 is 2.39 bits per heavy atom. The zero-order valence-electron chi connectivity index (χ0n) is 16.8. The van der Waals surface area contributed by atoms with Gasteiger partial charge in [0.2, 0.25) is 5.91 Å². The summed E-state index contributed by atoms with van der Waals surface area (Å²) in [5.74, 6) is 0.522. The van der Waals surface area contributed by atoms with E-state index in [9.17, 15) is 9.59 Å². The SMILES string of the molecule is Cc1occc1C(=O)N(CCC(=O)N1CC(C)OC(C)C1)Cc1ccccc1. The molecule has 2 unspecified atom stereocenters. The second kappa shape index (κ2) is 9.06. The summed E-state index contributed by atoms with van der Waals surface area (Å²) >= 11 is 0. The number of aryl methyl sites for hydroxylation is 1. The van der Waals surface area contributed by atoms with E-state index in [1.807, 2.05) is 49.1 Å². The van der Waals surface area contributed by atoms with Gasteiger partial charge in [0.1, 0.15) is 5.76 Å². The third kappa shape index (κ3) is 5.01. The van der Waals surface area contributed by atoms with Crippen molar-refractivity contribution in [2.45, 2.75) is 45.9 Å². The number of nitrogens with zero attached hydrogens (tertiary/aromatic N) is 2. The number of rotatable bonds is 6. The molecule has 1 saturated heterocycles. The van der Waals surface area contributed by atoms with Crippen LogP contribution in [0.3, 0.4) is 0 Å². The summed E-state index contributed by atoms with van der Waals surface area (Å²) in [4.78, 5) is 29.3. The molecule has 2 heterocycles. The molecular formula is C22H28N2O4. The van der Waals surface area contributed by atoms with E-state index in [-0.39, 0.29) is 30.4 Å². The van der Waals surface area contributed by atoms with Crippen molar-refractivity contribution < 1.29 is 18.7 Å². The van der Waals surface area contributed by atoms with Crippen molar-refractivity contribution in [2.24, 2.45) is 0 Å². The van der Waals surface area contributed by atoms with Gasteiger partial charge in [-0.05, 0) is 32.4 Å². The molecule has 0 saturated carbocycles. The van der Waals surface area contributed by atoms with Crippen LogP contribution in [0.25, 0.3) is 0 Å². The molecule has 1 aliphatic rings. The van der Waals surface area contributed by atoms with Gasteiger partial charge in [-0.2, -0.15) is 0 Å². The van der Waals surface area contributed by atoms with Crippen molar-refractivity contribution in [2.75, 3.05) is 19.6 Å². The summed E-state index contributed by atoms with van der Waals surface area (Å²) < 4.78 is 11.0. The summed E-state index contributed by atoms with van der Waals surface area (Å²) in [6, 6.07) is 11.5. The van der Waals surface area contributed by atoms with Gasteiger partial charge < -0.3 is 19.0 Å². The molecule has 1 fully saturated rings. The molecule has 0 spiro atoms. The number of amides is 2. The summed E-state index contributed by atoms with van der Waals surface area (Å²) in [6.07, 6.45) is 1.87. The molecule has 2 aromatic rings. The Kier molecular flexibility index (Phi) is 6.52. The topological polar surface area (TPSA) is 63.0 Å². The highest BCUT2D eigenvalue weighted by molar-refractivity contribution is 5.95. The predicted octanol–water partition coefficient (Wildman–Crippen LogP) is 3.26. The highest BCUT2D eigenvalue weighted by Crippen LogP contribution is 2.17. The fourth-order valence-corrected chi connectivity index (χ4v) is 3.60. The molecule has 3 rings (SSSR count). The minimum atomic E-state index is -0.119. The summed E-state index contributed by atoms with van der Waals surface area (Å²) in [5.41, 5.74) is 1.56. The lowest BCUT2D eigenvalue weighted by atomic mass is 10.1. The number of furan rings is 1. The molecule has 150 valence electrons. The van der Waals surface area contributed by atoms with E-state index in [1.54, 1.807) is 17.9 Å². The Morgan fingerprint density at radius 2 is 1.79 bits per heavy atom. The Bertz CT molecular complexity index is 792. The first-order chi connectivity index (χ1) is 13.4. The molecule has 0 bridgehead atoms. The van der Waals surface area contributed by atoms with Crippen LogP contribution in [0.4, 0.5) is 0 Å². The van der Waals surface area contributed by atoms with Crippen LogP contribution in [-0.4, -0.2) is 53.5 Å². The molecule has 2 amide bonds. The Hall–Kier alpha value is -2.60. The Balaban J connectivity index is 1.69. The van der Waals surface area contributed by atoms with E-state index in [1.165, 1.54) is 6.26 Å². The van der Waals surface area contributed by atoms with Crippen molar-refractivity contribution in [1.29, 1.82) is 0 Å². The second-order valence-corrected chi connectivity index (χ2v) is 7.41. The van der Waals surface area contributed by atoms with E-state index in [4.69, 9.17) is 9.15 Å². The van der Waals surface area contributed by atoms with Crippen LogP contribution in [0.15, 0.2) is 47.1 Å². The van der Waals surface area contributed by atoms with Crippen LogP contribution in [0.1, 0.15) is 41.9 Å². The molecular weight excluding hydrogens is 356 g/mol. The van der Waals surface area contributed by atoms with Crippen molar-refractivity contribution in [3.63, 3.8) is 0 Å². The molecule has 6 nitrogen and oxygen atoms in total. The summed E-state index contributed by atoms with van der Waals surface area (Å²) in [6.45, 7) is 7.72. The molecule has 0 aliphatic carbocycles. The number of ether oxygens (including phenoxy) is 1. The lowest BCUT2D eigenvalue weighted by Gasteiger charge is -2.35. The number of hydrogen-bond acceptors (Lipinski definition) is 4. The Labute approximate surface area is 166 Å². The van der Waals surface area contributed by atoms with Gasteiger partial charge in [0, 0.05) is 32.6 Å². The maximum Gasteiger partial charge on any atom is 0.257 e.